The zero-order chi connectivity index (χ0) is 26.9. The molecule has 0 aliphatic carbocycles. The summed E-state index contributed by atoms with van der Waals surface area (Å²) in [4.78, 5) is 38.6. The number of aromatic amines is 1. The summed E-state index contributed by atoms with van der Waals surface area (Å²) in [5.41, 5.74) is 2.13. The van der Waals surface area contributed by atoms with Crippen LogP contribution in [0.1, 0.15) is 40.5 Å². The fourth-order valence-corrected chi connectivity index (χ4v) is 6.09. The molecule has 5 heterocycles. The van der Waals surface area contributed by atoms with Crippen molar-refractivity contribution < 1.29 is 9.53 Å². The number of aryl methyl sites for hydroxylation is 1. The lowest BCUT2D eigenvalue weighted by molar-refractivity contribution is 0.0208. The molecule has 1 N–H and O–H groups in total. The highest BCUT2D eigenvalue weighted by Crippen LogP contribution is 2.38. The van der Waals surface area contributed by atoms with Gasteiger partial charge in [0.25, 0.3) is 5.56 Å². The third kappa shape index (κ3) is 3.93. The minimum absolute atomic E-state index is 0.0678. The zero-order valence-electron chi connectivity index (χ0n) is 22.3. The van der Waals surface area contributed by atoms with Gasteiger partial charge in [0.1, 0.15) is 11.2 Å². The molecule has 10 nitrogen and oxygen atoms in total. The number of hydrogen-bond acceptors (Lipinski definition) is 6. The number of nitrogens with zero attached hydrogens (tertiary/aromatic N) is 6. The van der Waals surface area contributed by atoms with Gasteiger partial charge in [0.15, 0.2) is 0 Å². The predicted octanol–water partition coefficient (Wildman–Crippen LogP) is 4.54. The summed E-state index contributed by atoms with van der Waals surface area (Å²) in [7, 11) is 1.76. The maximum atomic E-state index is 13.8. The van der Waals surface area contributed by atoms with Gasteiger partial charge < -0.3 is 19.5 Å². The maximum absolute atomic E-state index is 13.8. The summed E-state index contributed by atoms with van der Waals surface area (Å²) in [5, 5.41) is 6.44. The lowest BCUT2D eigenvalue weighted by atomic mass is 10.0. The molecule has 2 aliphatic rings. The number of piperazine rings is 1. The predicted molar refractivity (Wildman–Crippen MR) is 148 cm³/mol. The van der Waals surface area contributed by atoms with Gasteiger partial charge in [0, 0.05) is 55.6 Å². The van der Waals surface area contributed by atoms with Gasteiger partial charge >= 0.3 is 6.09 Å². The number of rotatable bonds is 3. The lowest BCUT2D eigenvalue weighted by Crippen LogP contribution is -2.57. The molecule has 2 atom stereocenters. The molecule has 0 spiro atoms. The summed E-state index contributed by atoms with van der Waals surface area (Å²) >= 11 is 6.83. The van der Waals surface area contributed by atoms with Crippen LogP contribution in [0.15, 0.2) is 29.3 Å². The summed E-state index contributed by atoms with van der Waals surface area (Å²) in [6.45, 7) is 9.47. The molecule has 4 aromatic rings. The number of benzene rings is 1. The number of halogens is 1. The van der Waals surface area contributed by atoms with Gasteiger partial charge in [-0.2, -0.15) is 10.1 Å². The van der Waals surface area contributed by atoms with E-state index < -0.39 is 5.60 Å². The van der Waals surface area contributed by atoms with E-state index in [1.165, 1.54) is 0 Å². The largest absolute Gasteiger partial charge is 0.444 e. The van der Waals surface area contributed by atoms with Crippen molar-refractivity contribution in [3.05, 3.63) is 39.9 Å². The number of carbonyl (C=O) groups is 1. The van der Waals surface area contributed by atoms with Crippen molar-refractivity contribution in [1.82, 2.24) is 29.2 Å². The molecule has 11 heteroatoms. The van der Waals surface area contributed by atoms with E-state index in [2.05, 4.69) is 15.0 Å². The number of aromatic nitrogens is 5. The van der Waals surface area contributed by atoms with Gasteiger partial charge in [-0.1, -0.05) is 17.7 Å². The first kappa shape index (κ1) is 24.8. The molecule has 1 amide bonds. The number of ether oxygens (including phenoxy) is 1. The number of hydrogen-bond donors (Lipinski definition) is 1. The summed E-state index contributed by atoms with van der Waals surface area (Å²) in [6.07, 6.45) is 5.29. The highest BCUT2D eigenvalue weighted by atomic mass is 35.5. The average molecular weight is 538 g/mol. The van der Waals surface area contributed by atoms with Crippen LogP contribution >= 0.6 is 11.6 Å². The van der Waals surface area contributed by atoms with Gasteiger partial charge in [-0.25, -0.2) is 4.79 Å². The van der Waals surface area contributed by atoms with Crippen LogP contribution in [0.4, 0.5) is 10.7 Å². The third-order valence-electron chi connectivity index (χ3n) is 7.54. The fourth-order valence-electron chi connectivity index (χ4n) is 5.78. The van der Waals surface area contributed by atoms with Crippen LogP contribution in [0.2, 0.25) is 5.02 Å². The molecule has 38 heavy (non-hydrogen) atoms. The summed E-state index contributed by atoms with van der Waals surface area (Å²) in [5.74, 6) is 0.609. The van der Waals surface area contributed by atoms with E-state index in [9.17, 15) is 9.59 Å². The molecule has 2 bridgehead atoms. The van der Waals surface area contributed by atoms with Crippen molar-refractivity contribution in [3.63, 3.8) is 0 Å². The minimum Gasteiger partial charge on any atom is -0.444 e. The Kier molecular flexibility index (Phi) is 5.71. The van der Waals surface area contributed by atoms with Crippen LogP contribution in [-0.4, -0.2) is 66.1 Å². The molecule has 2 fully saturated rings. The number of nitrogens with one attached hydrogen (secondary N) is 1. The first-order chi connectivity index (χ1) is 18.1. The molecular weight excluding hydrogens is 506 g/mol. The van der Waals surface area contributed by atoms with Gasteiger partial charge in [-0.15, -0.1) is 0 Å². The summed E-state index contributed by atoms with van der Waals surface area (Å²) in [6, 6.07) is 3.97. The Morgan fingerprint density at radius 2 is 1.89 bits per heavy atom. The monoisotopic (exact) mass is 537 g/mol. The van der Waals surface area contributed by atoms with Crippen molar-refractivity contribution in [2.75, 3.05) is 18.0 Å². The van der Waals surface area contributed by atoms with E-state index >= 15 is 0 Å². The van der Waals surface area contributed by atoms with Crippen molar-refractivity contribution >= 4 is 45.6 Å². The Bertz CT molecular complexity index is 1620. The molecule has 1 aromatic carbocycles. The fraction of sp³-hybridized carbons (Fsp3) is 0.481. The molecule has 2 unspecified atom stereocenters. The first-order valence-corrected chi connectivity index (χ1v) is 13.4. The van der Waals surface area contributed by atoms with E-state index in [0.717, 1.165) is 35.9 Å². The number of likely N-dealkylation sites (tertiary alicyclic amines) is 1. The van der Waals surface area contributed by atoms with Crippen molar-refractivity contribution in [2.45, 2.75) is 64.8 Å². The second-order valence-corrected chi connectivity index (χ2v) is 11.6. The van der Waals surface area contributed by atoms with Gasteiger partial charge in [-0.3, -0.25) is 14.0 Å². The third-order valence-corrected chi connectivity index (χ3v) is 7.95. The van der Waals surface area contributed by atoms with E-state index in [0.29, 0.717) is 40.7 Å². The topological polar surface area (TPSA) is 101 Å². The van der Waals surface area contributed by atoms with Crippen LogP contribution < -0.4 is 10.5 Å². The Morgan fingerprint density at radius 1 is 1.18 bits per heavy atom. The van der Waals surface area contributed by atoms with Crippen molar-refractivity contribution in [3.8, 4) is 11.1 Å². The van der Waals surface area contributed by atoms with E-state index in [1.807, 2.05) is 50.7 Å². The lowest BCUT2D eigenvalue weighted by Gasteiger charge is -2.42. The Labute approximate surface area is 225 Å². The molecule has 200 valence electrons. The number of fused-ring (bicyclic) bond motifs is 4. The van der Waals surface area contributed by atoms with Crippen molar-refractivity contribution in [1.29, 1.82) is 0 Å². The van der Waals surface area contributed by atoms with Crippen LogP contribution in [0.3, 0.4) is 0 Å². The van der Waals surface area contributed by atoms with Crippen molar-refractivity contribution in [2.24, 2.45) is 7.05 Å². The minimum atomic E-state index is -0.543. The van der Waals surface area contributed by atoms with Crippen LogP contribution in [0, 0.1) is 0 Å². The quantitative estimate of drug-likeness (QED) is 0.412. The second kappa shape index (κ2) is 8.76. The molecule has 2 saturated heterocycles. The zero-order valence-corrected chi connectivity index (χ0v) is 23.0. The van der Waals surface area contributed by atoms with Gasteiger partial charge in [-0.05, 0) is 46.6 Å². The number of carbonyl (C=O) groups excluding carboxylic acids is 1. The molecule has 6 rings (SSSR count). The Balaban J connectivity index is 1.36. The maximum Gasteiger partial charge on any atom is 0.410 e. The molecule has 2 aliphatic heterocycles. The first-order valence-electron chi connectivity index (χ1n) is 13.1. The molecule has 3 aromatic heterocycles. The number of H-pyrrole nitrogens is 1. The van der Waals surface area contributed by atoms with Gasteiger partial charge in [0.2, 0.25) is 5.95 Å². The van der Waals surface area contributed by atoms with E-state index in [1.54, 1.807) is 22.7 Å². The van der Waals surface area contributed by atoms with Crippen LogP contribution in [0.25, 0.3) is 33.1 Å². The molecular formula is C27H32ClN7O3. The molecule has 0 saturated carbocycles. The summed E-state index contributed by atoms with van der Waals surface area (Å²) < 4.78 is 9.08. The SMILES string of the molecule is CCn1cc2c(Cl)c(-c3c[nH]c4nc(N5C6CCC5CN(C(=O)OC(C)(C)C)C6)n(C)c(=O)c34)ccc2n1. The van der Waals surface area contributed by atoms with E-state index in [-0.39, 0.29) is 23.7 Å². The average Bonchev–Trinajstić information content (AvgIpc) is 3.54. The standard InChI is InChI=1S/C27H32ClN7O3/c1-6-34-14-19-20(31-34)10-9-17(22(19)28)18-11-29-23-21(18)24(36)32(5)25(30-23)35-15-7-8-16(35)13-33(12-15)26(37)38-27(2,3)4/h9-11,14-16,29H,6-8,12-13H2,1-5H3. The Hall–Kier alpha value is -3.53. The second-order valence-electron chi connectivity index (χ2n) is 11.2. The van der Waals surface area contributed by atoms with Crippen LogP contribution in [0.5, 0.6) is 0 Å². The smallest absolute Gasteiger partial charge is 0.410 e. The highest BCUT2D eigenvalue weighted by Gasteiger charge is 2.44. The van der Waals surface area contributed by atoms with Gasteiger partial charge in [0.05, 0.1) is 28.0 Å². The highest BCUT2D eigenvalue weighted by molar-refractivity contribution is 6.38. The van der Waals surface area contributed by atoms with E-state index in [4.69, 9.17) is 21.3 Å². The molecule has 0 radical (unpaired) electrons. The normalized spacial score (nSPS) is 19.6. The van der Waals surface area contributed by atoms with Crippen LogP contribution in [-0.2, 0) is 18.3 Å². The number of amides is 1. The number of anilines is 1. The Morgan fingerprint density at radius 3 is 2.55 bits per heavy atom.